The SMILES string of the molecule is COc1c(C(=O)O)cc2ccc(C)cc2c1C. The van der Waals surface area contributed by atoms with Crippen molar-refractivity contribution in [1.82, 2.24) is 0 Å². The monoisotopic (exact) mass is 230 g/mol. The highest BCUT2D eigenvalue weighted by Gasteiger charge is 2.16. The summed E-state index contributed by atoms with van der Waals surface area (Å²) in [6.45, 7) is 3.89. The van der Waals surface area contributed by atoms with Gasteiger partial charge in [-0.3, -0.25) is 0 Å². The van der Waals surface area contributed by atoms with Crippen molar-refractivity contribution in [3.8, 4) is 5.75 Å². The maximum atomic E-state index is 11.2. The van der Waals surface area contributed by atoms with E-state index in [0.29, 0.717) is 5.75 Å². The predicted octanol–water partition coefficient (Wildman–Crippen LogP) is 3.16. The molecule has 88 valence electrons. The van der Waals surface area contributed by atoms with E-state index in [1.54, 1.807) is 6.07 Å². The zero-order chi connectivity index (χ0) is 12.6. The molecule has 0 aliphatic carbocycles. The van der Waals surface area contributed by atoms with Crippen LogP contribution >= 0.6 is 0 Å². The Labute approximate surface area is 99.6 Å². The molecular formula is C14H14O3. The number of methoxy groups -OCH3 is 1. The first-order chi connectivity index (χ1) is 8.04. The van der Waals surface area contributed by atoms with Gasteiger partial charge in [0.1, 0.15) is 11.3 Å². The normalized spacial score (nSPS) is 10.5. The molecule has 0 atom stereocenters. The maximum absolute atomic E-state index is 11.2. The fourth-order valence-electron chi connectivity index (χ4n) is 2.09. The zero-order valence-corrected chi connectivity index (χ0v) is 10.1. The number of aromatic carboxylic acids is 1. The summed E-state index contributed by atoms with van der Waals surface area (Å²) in [7, 11) is 1.50. The average molecular weight is 230 g/mol. The molecule has 1 N–H and O–H groups in total. The Morgan fingerprint density at radius 1 is 1.24 bits per heavy atom. The molecule has 3 heteroatoms. The lowest BCUT2D eigenvalue weighted by molar-refractivity contribution is 0.0693. The average Bonchev–Trinajstić information content (AvgIpc) is 2.29. The highest BCUT2D eigenvalue weighted by atomic mass is 16.5. The van der Waals surface area contributed by atoms with E-state index in [-0.39, 0.29) is 5.56 Å². The molecular weight excluding hydrogens is 216 g/mol. The Hall–Kier alpha value is -2.03. The molecule has 0 spiro atoms. The second-order valence-electron chi connectivity index (χ2n) is 4.11. The second kappa shape index (κ2) is 4.09. The third-order valence-corrected chi connectivity index (χ3v) is 2.93. The van der Waals surface area contributed by atoms with Crippen molar-refractivity contribution in [2.24, 2.45) is 0 Å². The molecule has 0 heterocycles. The Kier molecular flexibility index (Phi) is 2.76. The molecule has 0 radical (unpaired) electrons. The number of fused-ring (bicyclic) bond motifs is 1. The van der Waals surface area contributed by atoms with Gasteiger partial charge in [0, 0.05) is 0 Å². The van der Waals surface area contributed by atoms with Gasteiger partial charge in [-0.1, -0.05) is 23.8 Å². The zero-order valence-electron chi connectivity index (χ0n) is 10.1. The van der Waals surface area contributed by atoms with E-state index in [2.05, 4.69) is 0 Å². The lowest BCUT2D eigenvalue weighted by Crippen LogP contribution is -2.02. The van der Waals surface area contributed by atoms with E-state index in [0.717, 1.165) is 21.9 Å². The number of hydrogen-bond donors (Lipinski definition) is 1. The van der Waals surface area contributed by atoms with Crippen LogP contribution < -0.4 is 4.74 Å². The molecule has 0 unspecified atom stereocenters. The summed E-state index contributed by atoms with van der Waals surface area (Å²) < 4.78 is 5.20. The van der Waals surface area contributed by atoms with Crippen LogP contribution in [0.5, 0.6) is 5.75 Å². The molecule has 0 saturated carbocycles. The van der Waals surface area contributed by atoms with Crippen LogP contribution in [0.15, 0.2) is 24.3 Å². The Morgan fingerprint density at radius 2 is 1.94 bits per heavy atom. The molecule has 0 fully saturated rings. The Balaban J connectivity index is 2.87. The first-order valence-electron chi connectivity index (χ1n) is 5.36. The van der Waals surface area contributed by atoms with Gasteiger partial charge in [0.2, 0.25) is 0 Å². The largest absolute Gasteiger partial charge is 0.496 e. The number of carboxylic acid groups (broad SMARTS) is 1. The minimum atomic E-state index is -0.965. The van der Waals surface area contributed by atoms with Crippen LogP contribution in [0.25, 0.3) is 10.8 Å². The van der Waals surface area contributed by atoms with Gasteiger partial charge in [-0.15, -0.1) is 0 Å². The van der Waals surface area contributed by atoms with Crippen LogP contribution in [-0.2, 0) is 0 Å². The van der Waals surface area contributed by atoms with Crippen molar-refractivity contribution in [3.05, 3.63) is 41.0 Å². The van der Waals surface area contributed by atoms with E-state index in [1.165, 1.54) is 7.11 Å². The van der Waals surface area contributed by atoms with Gasteiger partial charge >= 0.3 is 5.97 Å². The number of carboxylic acids is 1. The van der Waals surface area contributed by atoms with Gasteiger partial charge in [0.25, 0.3) is 0 Å². The molecule has 2 aromatic carbocycles. The van der Waals surface area contributed by atoms with E-state index < -0.39 is 5.97 Å². The van der Waals surface area contributed by atoms with Crippen molar-refractivity contribution in [2.75, 3.05) is 7.11 Å². The van der Waals surface area contributed by atoms with Gasteiger partial charge in [-0.05, 0) is 36.2 Å². The lowest BCUT2D eigenvalue weighted by Gasteiger charge is -2.12. The van der Waals surface area contributed by atoms with Gasteiger partial charge in [0.05, 0.1) is 7.11 Å². The number of hydrogen-bond acceptors (Lipinski definition) is 2. The summed E-state index contributed by atoms with van der Waals surface area (Å²) in [4.78, 5) is 11.2. The van der Waals surface area contributed by atoms with Crippen LogP contribution in [0.2, 0.25) is 0 Å². The summed E-state index contributed by atoms with van der Waals surface area (Å²) in [5.74, 6) is -0.525. The van der Waals surface area contributed by atoms with Crippen LogP contribution in [0.3, 0.4) is 0 Å². The molecule has 2 rings (SSSR count). The van der Waals surface area contributed by atoms with Crippen LogP contribution in [0.4, 0.5) is 0 Å². The summed E-state index contributed by atoms with van der Waals surface area (Å²) in [5.41, 5.74) is 2.22. The highest BCUT2D eigenvalue weighted by molar-refractivity contribution is 5.99. The van der Waals surface area contributed by atoms with Gasteiger partial charge < -0.3 is 9.84 Å². The van der Waals surface area contributed by atoms with Crippen molar-refractivity contribution in [3.63, 3.8) is 0 Å². The van der Waals surface area contributed by atoms with Crippen molar-refractivity contribution < 1.29 is 14.6 Å². The molecule has 0 saturated heterocycles. The van der Waals surface area contributed by atoms with Gasteiger partial charge in [0.15, 0.2) is 0 Å². The summed E-state index contributed by atoms with van der Waals surface area (Å²) in [6, 6.07) is 7.60. The number of ether oxygens (including phenoxy) is 1. The van der Waals surface area contributed by atoms with Crippen LogP contribution in [0, 0.1) is 13.8 Å². The lowest BCUT2D eigenvalue weighted by atomic mass is 9.98. The number of aryl methyl sites for hydroxylation is 2. The summed E-state index contributed by atoms with van der Waals surface area (Å²) in [6.07, 6.45) is 0. The second-order valence-corrected chi connectivity index (χ2v) is 4.11. The summed E-state index contributed by atoms with van der Waals surface area (Å²) in [5, 5.41) is 11.1. The molecule has 17 heavy (non-hydrogen) atoms. The maximum Gasteiger partial charge on any atom is 0.339 e. The highest BCUT2D eigenvalue weighted by Crippen LogP contribution is 2.32. The van der Waals surface area contributed by atoms with E-state index >= 15 is 0 Å². The topological polar surface area (TPSA) is 46.5 Å². The molecule has 0 aliphatic heterocycles. The molecule has 3 nitrogen and oxygen atoms in total. The first kappa shape index (κ1) is 11.5. The Bertz CT molecular complexity index is 600. The third-order valence-electron chi connectivity index (χ3n) is 2.93. The van der Waals surface area contributed by atoms with Crippen LogP contribution in [-0.4, -0.2) is 18.2 Å². The molecule has 2 aromatic rings. The number of carbonyl (C=O) groups is 1. The molecule has 0 aromatic heterocycles. The van der Waals surface area contributed by atoms with Crippen molar-refractivity contribution >= 4 is 16.7 Å². The van der Waals surface area contributed by atoms with Crippen LogP contribution in [0.1, 0.15) is 21.5 Å². The fourth-order valence-corrected chi connectivity index (χ4v) is 2.09. The Morgan fingerprint density at radius 3 is 2.53 bits per heavy atom. The van der Waals surface area contributed by atoms with Gasteiger partial charge in [-0.2, -0.15) is 0 Å². The molecule has 0 aliphatic rings. The predicted molar refractivity (Wildman–Crippen MR) is 66.9 cm³/mol. The van der Waals surface area contributed by atoms with Gasteiger partial charge in [-0.25, -0.2) is 4.79 Å². The third kappa shape index (κ3) is 1.84. The number of benzene rings is 2. The standard InChI is InChI=1S/C14H14O3/c1-8-4-5-10-7-12(14(15)16)13(17-3)9(2)11(10)6-8/h4-7H,1-3H3,(H,15,16). The minimum absolute atomic E-state index is 0.210. The summed E-state index contributed by atoms with van der Waals surface area (Å²) >= 11 is 0. The number of rotatable bonds is 2. The van der Waals surface area contributed by atoms with E-state index in [4.69, 9.17) is 9.84 Å². The minimum Gasteiger partial charge on any atom is -0.496 e. The van der Waals surface area contributed by atoms with Crippen molar-refractivity contribution in [1.29, 1.82) is 0 Å². The van der Waals surface area contributed by atoms with Crippen molar-refractivity contribution in [2.45, 2.75) is 13.8 Å². The quantitative estimate of drug-likeness (QED) is 0.861. The first-order valence-corrected chi connectivity index (χ1v) is 5.36. The smallest absolute Gasteiger partial charge is 0.339 e. The van der Waals surface area contributed by atoms with E-state index in [1.807, 2.05) is 32.0 Å². The molecule has 0 bridgehead atoms. The molecule has 0 amide bonds. The van der Waals surface area contributed by atoms with E-state index in [9.17, 15) is 4.79 Å². The fraction of sp³-hybridized carbons (Fsp3) is 0.214.